The van der Waals surface area contributed by atoms with Gasteiger partial charge in [-0.05, 0) is 19.4 Å². The fraction of sp³-hybridized carbons (Fsp3) is 0.455. The average molecular weight is 181 g/mol. The van der Waals surface area contributed by atoms with Gasteiger partial charge in [0.05, 0.1) is 12.8 Å². The van der Waals surface area contributed by atoms with E-state index in [0.29, 0.717) is 0 Å². The van der Waals surface area contributed by atoms with Crippen LogP contribution < -0.4 is 5.32 Å². The van der Waals surface area contributed by atoms with Crippen LogP contribution in [0.1, 0.15) is 20.3 Å². The first-order valence-corrected chi connectivity index (χ1v) is 4.57. The molecule has 1 N–H and O–H groups in total. The Morgan fingerprint density at radius 2 is 2.23 bits per heavy atom. The monoisotopic (exact) mass is 181 g/mol. The molecule has 13 heavy (non-hydrogen) atoms. The lowest BCUT2D eigenvalue weighted by atomic mass is 10.3. The molecule has 0 saturated heterocycles. The second-order valence-electron chi connectivity index (χ2n) is 2.60. The van der Waals surface area contributed by atoms with E-state index in [1.807, 2.05) is 19.1 Å². The zero-order valence-corrected chi connectivity index (χ0v) is 8.76. The van der Waals surface area contributed by atoms with Crippen LogP contribution in [-0.4, -0.2) is 13.7 Å². The Kier molecular flexibility index (Phi) is 6.79. The first-order chi connectivity index (χ1) is 6.29. The summed E-state index contributed by atoms with van der Waals surface area (Å²) in [5, 5.41) is 3.27. The highest BCUT2D eigenvalue weighted by Crippen LogP contribution is 2.07. The molecule has 0 aromatic rings. The molecule has 0 bridgehead atoms. The molecule has 0 saturated carbocycles. The number of allylic oxidation sites excluding steroid dienone is 3. The summed E-state index contributed by atoms with van der Waals surface area (Å²) >= 11 is 0. The highest BCUT2D eigenvalue weighted by atomic mass is 16.5. The van der Waals surface area contributed by atoms with Gasteiger partial charge in [0.25, 0.3) is 0 Å². The second-order valence-corrected chi connectivity index (χ2v) is 2.60. The topological polar surface area (TPSA) is 21.3 Å². The summed E-state index contributed by atoms with van der Waals surface area (Å²) in [4.78, 5) is 0. The number of ether oxygens (including phenoxy) is 1. The minimum atomic E-state index is 0.825. The Balaban J connectivity index is 4.36. The van der Waals surface area contributed by atoms with Crippen LogP contribution in [0.4, 0.5) is 0 Å². The van der Waals surface area contributed by atoms with Crippen molar-refractivity contribution in [1.82, 2.24) is 5.32 Å². The molecule has 0 aliphatic heterocycles. The summed E-state index contributed by atoms with van der Waals surface area (Å²) < 4.78 is 5.20. The fourth-order valence-corrected chi connectivity index (χ4v) is 0.966. The zero-order valence-electron chi connectivity index (χ0n) is 8.76. The Morgan fingerprint density at radius 1 is 1.54 bits per heavy atom. The van der Waals surface area contributed by atoms with E-state index >= 15 is 0 Å². The largest absolute Gasteiger partial charge is 0.495 e. The third kappa shape index (κ3) is 4.41. The molecule has 74 valence electrons. The van der Waals surface area contributed by atoms with Gasteiger partial charge in [0.15, 0.2) is 0 Å². The van der Waals surface area contributed by atoms with E-state index in [-0.39, 0.29) is 0 Å². The van der Waals surface area contributed by atoms with Gasteiger partial charge >= 0.3 is 0 Å². The SMILES string of the molecule is C=C/C=C(OC)\C(=C/C)NCCC. The van der Waals surface area contributed by atoms with Crippen molar-refractivity contribution in [3.8, 4) is 0 Å². The molecule has 0 amide bonds. The maximum absolute atomic E-state index is 5.20. The Bertz CT molecular complexity index is 204. The van der Waals surface area contributed by atoms with Crippen molar-refractivity contribution in [3.05, 3.63) is 36.3 Å². The molecule has 0 aromatic carbocycles. The standard InChI is InChI=1S/C11H19NO/c1-5-8-11(13-4)10(7-3)12-9-6-2/h5,7-8,12H,1,6,9H2,2-4H3/b10-7+,11-8+. The van der Waals surface area contributed by atoms with Gasteiger partial charge in [-0.2, -0.15) is 0 Å². The third-order valence-corrected chi connectivity index (χ3v) is 1.61. The molecule has 0 unspecified atom stereocenters. The summed E-state index contributed by atoms with van der Waals surface area (Å²) in [5.74, 6) is 0.825. The van der Waals surface area contributed by atoms with Gasteiger partial charge in [0, 0.05) is 6.54 Å². The number of rotatable bonds is 6. The van der Waals surface area contributed by atoms with Gasteiger partial charge in [-0.15, -0.1) is 0 Å². The van der Waals surface area contributed by atoms with Crippen molar-refractivity contribution in [2.45, 2.75) is 20.3 Å². The zero-order chi connectivity index (χ0) is 10.1. The average Bonchev–Trinajstić information content (AvgIpc) is 2.17. The van der Waals surface area contributed by atoms with Gasteiger partial charge in [-0.25, -0.2) is 0 Å². The Morgan fingerprint density at radius 3 is 2.62 bits per heavy atom. The highest BCUT2D eigenvalue weighted by Gasteiger charge is 2.00. The van der Waals surface area contributed by atoms with E-state index in [1.54, 1.807) is 13.2 Å². The van der Waals surface area contributed by atoms with Gasteiger partial charge < -0.3 is 10.1 Å². The molecular formula is C11H19NO. The number of nitrogens with one attached hydrogen (secondary N) is 1. The van der Waals surface area contributed by atoms with Crippen LogP contribution in [0.2, 0.25) is 0 Å². The van der Waals surface area contributed by atoms with Gasteiger partial charge in [-0.1, -0.05) is 25.7 Å². The van der Waals surface area contributed by atoms with Crippen molar-refractivity contribution >= 4 is 0 Å². The summed E-state index contributed by atoms with van der Waals surface area (Å²) in [7, 11) is 1.66. The molecule has 0 atom stereocenters. The Labute approximate surface area is 81.0 Å². The predicted molar refractivity (Wildman–Crippen MR) is 57.3 cm³/mol. The quantitative estimate of drug-likeness (QED) is 0.502. The molecule has 0 aromatic heterocycles. The molecule has 0 heterocycles. The van der Waals surface area contributed by atoms with Crippen LogP contribution in [0.5, 0.6) is 0 Å². The molecule has 2 heteroatoms. The summed E-state index contributed by atoms with van der Waals surface area (Å²) in [6.45, 7) is 8.70. The van der Waals surface area contributed by atoms with Gasteiger partial charge in [0.1, 0.15) is 5.76 Å². The first-order valence-electron chi connectivity index (χ1n) is 4.57. The van der Waals surface area contributed by atoms with Crippen molar-refractivity contribution in [2.24, 2.45) is 0 Å². The number of methoxy groups -OCH3 is 1. The lowest BCUT2D eigenvalue weighted by Gasteiger charge is -2.11. The van der Waals surface area contributed by atoms with Gasteiger partial charge in [0.2, 0.25) is 0 Å². The van der Waals surface area contributed by atoms with Crippen LogP contribution in [0.3, 0.4) is 0 Å². The van der Waals surface area contributed by atoms with E-state index in [9.17, 15) is 0 Å². The highest BCUT2D eigenvalue weighted by molar-refractivity contribution is 5.26. The smallest absolute Gasteiger partial charge is 0.141 e. The van der Waals surface area contributed by atoms with Crippen LogP contribution in [0.15, 0.2) is 36.3 Å². The lowest BCUT2D eigenvalue weighted by Crippen LogP contribution is -2.16. The predicted octanol–water partition coefficient (Wildman–Crippen LogP) is 2.61. The van der Waals surface area contributed by atoms with Crippen LogP contribution in [0, 0.1) is 0 Å². The van der Waals surface area contributed by atoms with Crippen LogP contribution >= 0.6 is 0 Å². The van der Waals surface area contributed by atoms with E-state index in [2.05, 4.69) is 18.8 Å². The lowest BCUT2D eigenvalue weighted by molar-refractivity contribution is 0.295. The molecule has 0 spiro atoms. The molecular weight excluding hydrogens is 162 g/mol. The van der Waals surface area contributed by atoms with Crippen molar-refractivity contribution in [1.29, 1.82) is 0 Å². The fourth-order valence-electron chi connectivity index (χ4n) is 0.966. The van der Waals surface area contributed by atoms with E-state index in [1.165, 1.54) is 0 Å². The van der Waals surface area contributed by atoms with Crippen molar-refractivity contribution in [2.75, 3.05) is 13.7 Å². The summed E-state index contributed by atoms with van der Waals surface area (Å²) in [6, 6.07) is 0. The molecule has 0 aliphatic carbocycles. The second kappa shape index (κ2) is 7.47. The first kappa shape index (κ1) is 11.8. The van der Waals surface area contributed by atoms with E-state index in [0.717, 1.165) is 24.4 Å². The van der Waals surface area contributed by atoms with Gasteiger partial charge in [-0.3, -0.25) is 0 Å². The molecule has 2 nitrogen and oxygen atoms in total. The van der Waals surface area contributed by atoms with Crippen molar-refractivity contribution in [3.63, 3.8) is 0 Å². The van der Waals surface area contributed by atoms with Crippen molar-refractivity contribution < 1.29 is 4.74 Å². The molecule has 0 radical (unpaired) electrons. The van der Waals surface area contributed by atoms with Crippen LogP contribution in [0.25, 0.3) is 0 Å². The van der Waals surface area contributed by atoms with E-state index in [4.69, 9.17) is 4.74 Å². The summed E-state index contributed by atoms with van der Waals surface area (Å²) in [5.41, 5.74) is 1.02. The molecule has 0 fully saturated rings. The molecule has 0 aliphatic rings. The normalized spacial score (nSPS) is 12.5. The van der Waals surface area contributed by atoms with E-state index < -0.39 is 0 Å². The summed E-state index contributed by atoms with van der Waals surface area (Å²) in [6.07, 6.45) is 6.66. The number of hydrogen-bond acceptors (Lipinski definition) is 2. The maximum Gasteiger partial charge on any atom is 0.141 e. The maximum atomic E-state index is 5.20. The molecule has 0 rings (SSSR count). The van der Waals surface area contributed by atoms with Crippen LogP contribution in [-0.2, 0) is 4.74 Å². The third-order valence-electron chi connectivity index (χ3n) is 1.61. The number of hydrogen-bond donors (Lipinski definition) is 1. The minimum absolute atomic E-state index is 0.825. The Hall–Kier alpha value is -1.18. The minimum Gasteiger partial charge on any atom is -0.495 e.